The quantitative estimate of drug-likeness (QED) is 0.451. The third kappa shape index (κ3) is 3.46. The van der Waals surface area contributed by atoms with Gasteiger partial charge in [0.05, 0.1) is 16.7 Å². The van der Waals surface area contributed by atoms with Crippen molar-refractivity contribution in [3.05, 3.63) is 107 Å². The molecule has 2 aliphatic heterocycles. The number of hydrogen-bond acceptors (Lipinski definition) is 5. The third-order valence-electron chi connectivity index (χ3n) is 10.2. The van der Waals surface area contributed by atoms with E-state index in [4.69, 9.17) is 4.74 Å². The van der Waals surface area contributed by atoms with Gasteiger partial charge in [-0.15, -0.1) is 0 Å². The predicted octanol–water partition coefficient (Wildman–Crippen LogP) is 5.15. The van der Waals surface area contributed by atoms with Gasteiger partial charge in [-0.25, -0.2) is 0 Å². The molecule has 1 saturated heterocycles. The zero-order chi connectivity index (χ0) is 26.2. The molecule has 2 fully saturated rings. The lowest BCUT2D eigenvalue weighted by atomic mass is 9.50. The first-order valence-corrected chi connectivity index (χ1v) is 14.6. The Morgan fingerprint density at radius 2 is 1.62 bits per heavy atom. The minimum Gasteiger partial charge on any atom is -0.504 e. The summed E-state index contributed by atoms with van der Waals surface area (Å²) >= 11 is 0. The number of phenolic OH excluding ortho intramolecular Hbond substituents is 1. The number of phenols is 1. The van der Waals surface area contributed by atoms with Crippen LogP contribution in [0.15, 0.2) is 84.6 Å². The highest BCUT2D eigenvalue weighted by molar-refractivity contribution is 5.64. The molecule has 5 aliphatic rings. The fourth-order valence-electron chi connectivity index (χ4n) is 8.23. The Kier molecular flexibility index (Phi) is 5.21. The van der Waals surface area contributed by atoms with Crippen molar-refractivity contribution in [2.24, 2.45) is 5.92 Å². The molecule has 200 valence electrons. The molecule has 3 aromatic rings. The van der Waals surface area contributed by atoms with Gasteiger partial charge in [-0.1, -0.05) is 72.8 Å². The summed E-state index contributed by atoms with van der Waals surface area (Å²) in [5, 5.41) is 23.8. The second kappa shape index (κ2) is 8.61. The first kappa shape index (κ1) is 23.6. The summed E-state index contributed by atoms with van der Waals surface area (Å²) in [6, 6.07) is 25.1. The van der Waals surface area contributed by atoms with Gasteiger partial charge in [-0.05, 0) is 67.3 Å². The Balaban J connectivity index is 1.26. The first-order chi connectivity index (χ1) is 19.1. The maximum atomic E-state index is 12.8. The molecule has 0 radical (unpaired) electrons. The molecular weight excluding hydrogens is 484 g/mol. The number of benzene rings is 3. The molecule has 3 aliphatic carbocycles. The van der Waals surface area contributed by atoms with E-state index in [2.05, 4.69) is 82.6 Å². The summed E-state index contributed by atoms with van der Waals surface area (Å²) in [4.78, 5) is 5.02. The smallest absolute Gasteiger partial charge is 0.166 e. The molecule has 2 heterocycles. The second-order valence-electron chi connectivity index (χ2n) is 12.4. The average molecular weight is 521 g/mol. The number of hydrogen-bond donors (Lipinski definition) is 2. The van der Waals surface area contributed by atoms with Crippen LogP contribution < -0.4 is 4.74 Å². The molecule has 1 spiro atoms. The summed E-state index contributed by atoms with van der Waals surface area (Å²) in [5.74, 6) is 1.56. The zero-order valence-electron chi connectivity index (χ0n) is 22.3. The normalized spacial score (nSPS) is 30.3. The van der Waals surface area contributed by atoms with E-state index in [0.717, 1.165) is 56.2 Å². The molecule has 8 rings (SSSR count). The SMILES string of the molecule is Oc1ccc2c3c1O[C@@H]1C(N(Cc4ccccc4)Cc4ccccc4)=CC[C@]4(O)C(C2)N(CC2CC2)CC[C@@]314. The van der Waals surface area contributed by atoms with Gasteiger partial charge >= 0.3 is 0 Å². The van der Waals surface area contributed by atoms with Crippen LogP contribution >= 0.6 is 0 Å². The van der Waals surface area contributed by atoms with Crippen molar-refractivity contribution in [2.45, 2.75) is 68.4 Å². The van der Waals surface area contributed by atoms with Gasteiger partial charge in [0.1, 0.15) is 0 Å². The summed E-state index contributed by atoms with van der Waals surface area (Å²) < 4.78 is 6.83. The minimum absolute atomic E-state index is 0.0652. The summed E-state index contributed by atoms with van der Waals surface area (Å²) in [7, 11) is 0. The molecule has 1 unspecified atom stereocenters. The van der Waals surface area contributed by atoms with Crippen LogP contribution in [0.2, 0.25) is 0 Å². The van der Waals surface area contributed by atoms with Crippen LogP contribution in [-0.2, 0) is 24.9 Å². The van der Waals surface area contributed by atoms with E-state index in [1.165, 1.54) is 29.5 Å². The Morgan fingerprint density at radius 3 is 2.28 bits per heavy atom. The van der Waals surface area contributed by atoms with Crippen LogP contribution in [0.3, 0.4) is 0 Å². The maximum absolute atomic E-state index is 12.8. The van der Waals surface area contributed by atoms with Gasteiger partial charge in [0.15, 0.2) is 17.6 Å². The number of ether oxygens (including phenoxy) is 1. The Labute approximate surface area is 230 Å². The van der Waals surface area contributed by atoms with Crippen molar-refractivity contribution in [2.75, 3.05) is 13.1 Å². The Bertz CT molecular complexity index is 1390. The fourth-order valence-corrected chi connectivity index (χ4v) is 8.23. The number of aliphatic hydroxyl groups is 1. The molecule has 4 atom stereocenters. The molecule has 39 heavy (non-hydrogen) atoms. The van der Waals surface area contributed by atoms with Crippen molar-refractivity contribution in [3.63, 3.8) is 0 Å². The second-order valence-corrected chi connectivity index (χ2v) is 12.4. The molecule has 0 amide bonds. The Morgan fingerprint density at radius 1 is 0.923 bits per heavy atom. The van der Waals surface area contributed by atoms with Gasteiger partial charge in [-0.2, -0.15) is 0 Å². The third-order valence-corrected chi connectivity index (χ3v) is 10.2. The number of likely N-dealkylation sites (tertiary alicyclic amines) is 1. The largest absolute Gasteiger partial charge is 0.504 e. The van der Waals surface area contributed by atoms with Crippen molar-refractivity contribution in [1.29, 1.82) is 0 Å². The van der Waals surface area contributed by atoms with Crippen LogP contribution in [0.5, 0.6) is 11.5 Å². The van der Waals surface area contributed by atoms with Gasteiger partial charge in [0.25, 0.3) is 0 Å². The van der Waals surface area contributed by atoms with E-state index in [9.17, 15) is 10.2 Å². The number of nitrogens with zero attached hydrogens (tertiary/aromatic N) is 2. The van der Waals surface area contributed by atoms with Crippen molar-refractivity contribution >= 4 is 0 Å². The lowest BCUT2D eigenvalue weighted by Gasteiger charge is -2.63. The maximum Gasteiger partial charge on any atom is 0.166 e. The molecule has 0 aromatic heterocycles. The molecule has 2 bridgehead atoms. The van der Waals surface area contributed by atoms with E-state index >= 15 is 0 Å². The van der Waals surface area contributed by atoms with Gasteiger partial charge < -0.3 is 19.8 Å². The molecule has 2 N–H and O–H groups in total. The van der Waals surface area contributed by atoms with E-state index in [1.54, 1.807) is 6.07 Å². The van der Waals surface area contributed by atoms with Crippen LogP contribution in [0.25, 0.3) is 0 Å². The van der Waals surface area contributed by atoms with E-state index in [1.807, 2.05) is 0 Å². The molecule has 5 nitrogen and oxygen atoms in total. The molecule has 5 heteroatoms. The van der Waals surface area contributed by atoms with Gasteiger partial charge in [0, 0.05) is 31.2 Å². The summed E-state index contributed by atoms with van der Waals surface area (Å²) in [6.45, 7) is 3.55. The van der Waals surface area contributed by atoms with Crippen LogP contribution in [0.1, 0.15) is 47.9 Å². The molecule has 3 aromatic carbocycles. The van der Waals surface area contributed by atoms with Crippen molar-refractivity contribution < 1.29 is 14.9 Å². The molecular formula is C34H36N2O3. The Hall–Kier alpha value is -3.28. The number of piperidine rings is 1. The zero-order valence-corrected chi connectivity index (χ0v) is 22.3. The standard InChI is InChI=1S/C34H36N2O3/c37-28-14-13-26-19-29-34(38)16-15-27(36(21-23-7-3-1-4-8-23)22-24-9-5-2-6-10-24)32-33(34,30(26)31(28)39-32)17-18-35(29)20-25-11-12-25/h1-10,13-15,25,29,32,37-38H,11-12,16-22H2/t29?,32-,33-,34+/m1/s1. The first-order valence-electron chi connectivity index (χ1n) is 14.6. The highest BCUT2D eigenvalue weighted by Crippen LogP contribution is 2.65. The highest BCUT2D eigenvalue weighted by Gasteiger charge is 2.72. The average Bonchev–Trinajstić information content (AvgIpc) is 3.70. The molecule has 1 saturated carbocycles. The van der Waals surface area contributed by atoms with Gasteiger partial charge in [-0.3, -0.25) is 4.90 Å². The number of aromatic hydroxyl groups is 1. The lowest BCUT2D eigenvalue weighted by molar-refractivity contribution is -0.167. The van der Waals surface area contributed by atoms with E-state index in [0.29, 0.717) is 12.2 Å². The summed E-state index contributed by atoms with van der Waals surface area (Å²) in [6.07, 6.45) is 6.79. The monoisotopic (exact) mass is 520 g/mol. The predicted molar refractivity (Wildman–Crippen MR) is 150 cm³/mol. The highest BCUT2D eigenvalue weighted by atomic mass is 16.5. The minimum atomic E-state index is -0.925. The van der Waals surface area contributed by atoms with Crippen LogP contribution in [0.4, 0.5) is 0 Å². The summed E-state index contributed by atoms with van der Waals surface area (Å²) in [5.41, 5.74) is 4.44. The van der Waals surface area contributed by atoms with E-state index < -0.39 is 11.0 Å². The fraction of sp³-hybridized carbons (Fsp3) is 0.412. The van der Waals surface area contributed by atoms with E-state index in [-0.39, 0.29) is 17.9 Å². The van der Waals surface area contributed by atoms with Crippen LogP contribution in [0, 0.1) is 5.92 Å². The topological polar surface area (TPSA) is 56.2 Å². The van der Waals surface area contributed by atoms with Crippen molar-refractivity contribution in [3.8, 4) is 11.5 Å². The van der Waals surface area contributed by atoms with Crippen molar-refractivity contribution in [1.82, 2.24) is 9.80 Å². The lowest BCUT2D eigenvalue weighted by Crippen LogP contribution is -2.75. The number of rotatable bonds is 7. The van der Waals surface area contributed by atoms with Crippen LogP contribution in [-0.4, -0.2) is 50.8 Å². The van der Waals surface area contributed by atoms with Gasteiger partial charge in [0.2, 0.25) is 0 Å².